The van der Waals surface area contributed by atoms with E-state index in [4.69, 9.17) is 9.99 Å². The zero-order chi connectivity index (χ0) is 5.82. The third-order valence-electron chi connectivity index (χ3n) is 1.28. The van der Waals surface area contributed by atoms with Crippen molar-refractivity contribution in [2.75, 3.05) is 13.2 Å². The van der Waals surface area contributed by atoms with E-state index in [1.807, 2.05) is 0 Å². The molecule has 48 valence electrons. The third kappa shape index (κ3) is 1.43. The first kappa shape index (κ1) is 6.01. The molecule has 3 heteroatoms. The Kier molecular flexibility index (Phi) is 2.27. The maximum atomic E-state index is 7.95. The number of ether oxygens (including phenoxy) is 1. The van der Waals surface area contributed by atoms with Gasteiger partial charge in [-0.2, -0.15) is 0 Å². The van der Waals surface area contributed by atoms with Crippen LogP contribution in [0.1, 0.15) is 12.8 Å². The molecule has 0 radical (unpaired) electrons. The van der Waals surface area contributed by atoms with Gasteiger partial charge in [0, 0.05) is 6.61 Å². The van der Waals surface area contributed by atoms with Gasteiger partial charge in [0.1, 0.15) is 6.61 Å². The highest BCUT2D eigenvalue weighted by atomic mass is 17.1. The molecule has 0 saturated carbocycles. The Balaban J connectivity index is 2.06. The lowest BCUT2D eigenvalue weighted by Crippen LogP contribution is -2.11. The van der Waals surface area contributed by atoms with Crippen molar-refractivity contribution >= 4 is 0 Å². The molecule has 1 aliphatic heterocycles. The summed E-state index contributed by atoms with van der Waals surface area (Å²) in [4.78, 5) is 3.90. The molecule has 1 aliphatic rings. The first-order valence-electron chi connectivity index (χ1n) is 2.81. The maximum Gasteiger partial charge on any atom is 0.108 e. The fraction of sp³-hybridized carbons (Fsp3) is 1.00. The van der Waals surface area contributed by atoms with E-state index < -0.39 is 0 Å². The summed E-state index contributed by atoms with van der Waals surface area (Å²) in [5.41, 5.74) is 0. The largest absolute Gasteiger partial charge is 0.376 e. The highest BCUT2D eigenvalue weighted by Crippen LogP contribution is 2.10. The van der Waals surface area contributed by atoms with Crippen LogP contribution in [0.15, 0.2) is 0 Å². The molecule has 1 atom stereocenters. The molecular formula is C5H10O3. The van der Waals surface area contributed by atoms with Crippen LogP contribution in [-0.2, 0) is 9.62 Å². The Morgan fingerprint density at radius 3 is 3.12 bits per heavy atom. The fourth-order valence-electron chi connectivity index (χ4n) is 0.859. The minimum atomic E-state index is 0.139. The van der Waals surface area contributed by atoms with Crippen molar-refractivity contribution in [2.45, 2.75) is 18.9 Å². The van der Waals surface area contributed by atoms with Gasteiger partial charge in [0.05, 0.1) is 6.10 Å². The van der Waals surface area contributed by atoms with Crippen LogP contribution >= 0.6 is 0 Å². The van der Waals surface area contributed by atoms with Gasteiger partial charge in [0.2, 0.25) is 0 Å². The van der Waals surface area contributed by atoms with Gasteiger partial charge in [-0.15, -0.1) is 0 Å². The van der Waals surface area contributed by atoms with Crippen LogP contribution < -0.4 is 0 Å². The van der Waals surface area contributed by atoms with E-state index in [0.717, 1.165) is 19.4 Å². The second-order valence-corrected chi connectivity index (χ2v) is 1.93. The fourth-order valence-corrected chi connectivity index (χ4v) is 0.859. The zero-order valence-corrected chi connectivity index (χ0v) is 4.67. The van der Waals surface area contributed by atoms with Gasteiger partial charge in [0.25, 0.3) is 0 Å². The number of hydrogen-bond donors (Lipinski definition) is 1. The molecule has 1 saturated heterocycles. The van der Waals surface area contributed by atoms with Gasteiger partial charge in [-0.1, -0.05) is 0 Å². The van der Waals surface area contributed by atoms with Crippen molar-refractivity contribution in [2.24, 2.45) is 0 Å². The minimum absolute atomic E-state index is 0.139. The second-order valence-electron chi connectivity index (χ2n) is 1.93. The highest BCUT2D eigenvalue weighted by molar-refractivity contribution is 4.62. The summed E-state index contributed by atoms with van der Waals surface area (Å²) in [5.74, 6) is 0. The first-order chi connectivity index (χ1) is 3.93. The van der Waals surface area contributed by atoms with Crippen LogP contribution in [0.5, 0.6) is 0 Å². The van der Waals surface area contributed by atoms with Crippen LogP contribution in [0.2, 0.25) is 0 Å². The molecule has 0 aromatic heterocycles. The average molecular weight is 118 g/mol. The lowest BCUT2D eigenvalue weighted by molar-refractivity contribution is -0.257. The molecule has 0 aromatic rings. The topological polar surface area (TPSA) is 38.7 Å². The second kappa shape index (κ2) is 3.02. The Labute approximate surface area is 48.1 Å². The van der Waals surface area contributed by atoms with Crippen LogP contribution in [0.4, 0.5) is 0 Å². The van der Waals surface area contributed by atoms with E-state index in [1.165, 1.54) is 0 Å². The van der Waals surface area contributed by atoms with Gasteiger partial charge in [-0.25, -0.2) is 4.89 Å². The summed E-state index contributed by atoms with van der Waals surface area (Å²) >= 11 is 0. The molecule has 1 heterocycles. The first-order valence-corrected chi connectivity index (χ1v) is 2.81. The van der Waals surface area contributed by atoms with Gasteiger partial charge in [-0.3, -0.25) is 5.26 Å². The van der Waals surface area contributed by atoms with E-state index in [-0.39, 0.29) is 6.10 Å². The molecule has 1 rings (SSSR count). The van der Waals surface area contributed by atoms with Crippen LogP contribution in [0.3, 0.4) is 0 Å². The van der Waals surface area contributed by atoms with Crippen molar-refractivity contribution in [3.63, 3.8) is 0 Å². The summed E-state index contributed by atoms with van der Waals surface area (Å²) in [5, 5.41) is 7.95. The zero-order valence-electron chi connectivity index (χ0n) is 4.67. The monoisotopic (exact) mass is 118 g/mol. The third-order valence-corrected chi connectivity index (χ3v) is 1.28. The van der Waals surface area contributed by atoms with Crippen molar-refractivity contribution in [1.29, 1.82) is 0 Å². The van der Waals surface area contributed by atoms with Gasteiger partial charge in [-0.05, 0) is 12.8 Å². The molecule has 0 aromatic carbocycles. The van der Waals surface area contributed by atoms with Gasteiger partial charge in [0.15, 0.2) is 0 Å². The van der Waals surface area contributed by atoms with Crippen LogP contribution in [0.25, 0.3) is 0 Å². The molecule has 3 nitrogen and oxygen atoms in total. The molecule has 1 fully saturated rings. The van der Waals surface area contributed by atoms with Crippen molar-refractivity contribution in [1.82, 2.24) is 0 Å². The summed E-state index contributed by atoms with van der Waals surface area (Å²) in [6.07, 6.45) is 2.24. The molecular weight excluding hydrogens is 108 g/mol. The lowest BCUT2D eigenvalue weighted by atomic mass is 10.2. The molecule has 8 heavy (non-hydrogen) atoms. The van der Waals surface area contributed by atoms with Gasteiger partial charge >= 0.3 is 0 Å². The smallest absolute Gasteiger partial charge is 0.108 e. The lowest BCUT2D eigenvalue weighted by Gasteiger charge is -2.03. The predicted molar refractivity (Wildman–Crippen MR) is 27.6 cm³/mol. The molecule has 1 unspecified atom stereocenters. The van der Waals surface area contributed by atoms with Crippen molar-refractivity contribution in [3.05, 3.63) is 0 Å². The maximum absolute atomic E-state index is 7.95. The summed E-state index contributed by atoms with van der Waals surface area (Å²) < 4.78 is 5.11. The minimum Gasteiger partial charge on any atom is -0.376 e. The van der Waals surface area contributed by atoms with Crippen molar-refractivity contribution < 1.29 is 14.9 Å². The summed E-state index contributed by atoms with van der Waals surface area (Å²) in [6.45, 7) is 1.13. The Morgan fingerprint density at radius 2 is 2.62 bits per heavy atom. The Morgan fingerprint density at radius 1 is 1.75 bits per heavy atom. The Hall–Kier alpha value is -0.120. The van der Waals surface area contributed by atoms with Gasteiger partial charge < -0.3 is 4.74 Å². The Bertz CT molecular complexity index is 58.7. The van der Waals surface area contributed by atoms with Crippen LogP contribution in [-0.4, -0.2) is 24.6 Å². The predicted octanol–water partition coefficient (Wildman–Crippen LogP) is 0.655. The van der Waals surface area contributed by atoms with Crippen LogP contribution in [0, 0.1) is 0 Å². The van der Waals surface area contributed by atoms with E-state index in [9.17, 15) is 0 Å². The molecule has 1 N–H and O–H groups in total. The SMILES string of the molecule is OOCC1CCCO1. The summed E-state index contributed by atoms with van der Waals surface area (Å²) in [7, 11) is 0. The van der Waals surface area contributed by atoms with E-state index in [2.05, 4.69) is 4.89 Å². The highest BCUT2D eigenvalue weighted by Gasteiger charge is 2.14. The molecule has 0 aliphatic carbocycles. The summed E-state index contributed by atoms with van der Waals surface area (Å²) in [6, 6.07) is 0. The average Bonchev–Trinajstić information content (AvgIpc) is 2.19. The normalized spacial score (nSPS) is 28.9. The molecule has 0 amide bonds. The van der Waals surface area contributed by atoms with E-state index >= 15 is 0 Å². The number of rotatable bonds is 2. The van der Waals surface area contributed by atoms with E-state index in [0.29, 0.717) is 6.61 Å². The molecule has 0 bridgehead atoms. The standard InChI is InChI=1S/C5H10O3/c6-8-4-5-2-1-3-7-5/h5-6H,1-4H2. The van der Waals surface area contributed by atoms with E-state index in [1.54, 1.807) is 0 Å². The van der Waals surface area contributed by atoms with Crippen molar-refractivity contribution in [3.8, 4) is 0 Å². The number of hydrogen-bond acceptors (Lipinski definition) is 3. The quantitative estimate of drug-likeness (QED) is 0.427. The molecule has 0 spiro atoms.